The van der Waals surface area contributed by atoms with Gasteiger partial charge in [-0.05, 0) is 38.0 Å². The third-order valence-corrected chi connectivity index (χ3v) is 5.86. The summed E-state index contributed by atoms with van der Waals surface area (Å²) in [5, 5.41) is 2.87. The summed E-state index contributed by atoms with van der Waals surface area (Å²) in [5.41, 5.74) is 2.15. The smallest absolute Gasteiger partial charge is 0.254 e. The number of ether oxygens (including phenoxy) is 1. The predicted octanol–water partition coefficient (Wildman–Crippen LogP) is 2.99. The molecule has 8 nitrogen and oxygen atoms in total. The fourth-order valence-electron chi connectivity index (χ4n) is 4.05. The molecule has 0 aliphatic carbocycles. The Labute approximate surface area is 189 Å². The van der Waals surface area contributed by atoms with Gasteiger partial charge >= 0.3 is 0 Å². The number of piperazine rings is 1. The van der Waals surface area contributed by atoms with Gasteiger partial charge in [-0.3, -0.25) is 9.59 Å². The molecule has 2 aliphatic heterocycles. The standard InChI is InChI=1S/C24H31N5O3/c1-16(2)22-25-17(3)14-21(27-22)28-9-11-29(12-10-28)24(31)18-6-4-7-19(15-18)26-23(30)20-8-5-13-32-20/h4,6-7,14-16,20H,5,8-13H2,1-3H3,(H,26,30). The van der Waals surface area contributed by atoms with Crippen LogP contribution in [0.15, 0.2) is 30.3 Å². The van der Waals surface area contributed by atoms with Gasteiger partial charge in [0.05, 0.1) is 0 Å². The molecule has 1 aromatic heterocycles. The number of amides is 2. The van der Waals surface area contributed by atoms with Crippen LogP contribution in [0.5, 0.6) is 0 Å². The number of carbonyl (C=O) groups is 2. The van der Waals surface area contributed by atoms with Crippen LogP contribution in [-0.2, 0) is 9.53 Å². The lowest BCUT2D eigenvalue weighted by atomic mass is 10.1. The number of anilines is 2. The highest BCUT2D eigenvalue weighted by Crippen LogP contribution is 2.21. The van der Waals surface area contributed by atoms with Gasteiger partial charge in [0, 0.05) is 61.7 Å². The molecule has 0 spiro atoms. The number of nitrogens with one attached hydrogen (secondary N) is 1. The molecule has 2 amide bonds. The van der Waals surface area contributed by atoms with Crippen molar-refractivity contribution in [3.63, 3.8) is 0 Å². The van der Waals surface area contributed by atoms with Gasteiger partial charge in [-0.1, -0.05) is 19.9 Å². The Balaban J connectivity index is 1.38. The lowest BCUT2D eigenvalue weighted by Gasteiger charge is -2.35. The number of rotatable bonds is 5. The van der Waals surface area contributed by atoms with E-state index in [1.54, 1.807) is 24.3 Å². The molecule has 2 fully saturated rings. The Hall–Kier alpha value is -3.00. The molecule has 1 atom stereocenters. The van der Waals surface area contributed by atoms with Crippen LogP contribution in [0.4, 0.5) is 11.5 Å². The third-order valence-electron chi connectivity index (χ3n) is 5.86. The van der Waals surface area contributed by atoms with E-state index in [2.05, 4.69) is 29.0 Å². The zero-order valence-electron chi connectivity index (χ0n) is 19.0. The maximum atomic E-state index is 13.1. The van der Waals surface area contributed by atoms with Crippen molar-refractivity contribution in [2.45, 2.75) is 45.6 Å². The second kappa shape index (κ2) is 9.65. The molecule has 2 saturated heterocycles. The van der Waals surface area contributed by atoms with E-state index in [9.17, 15) is 9.59 Å². The van der Waals surface area contributed by atoms with Gasteiger partial charge in [0.25, 0.3) is 11.8 Å². The monoisotopic (exact) mass is 437 g/mol. The molecule has 1 aromatic carbocycles. The molecule has 170 valence electrons. The summed E-state index contributed by atoms with van der Waals surface area (Å²) in [4.78, 5) is 38.7. The van der Waals surface area contributed by atoms with E-state index in [0.29, 0.717) is 30.9 Å². The first-order chi connectivity index (χ1) is 15.4. The maximum absolute atomic E-state index is 13.1. The molecule has 32 heavy (non-hydrogen) atoms. The molecule has 4 rings (SSSR count). The summed E-state index contributed by atoms with van der Waals surface area (Å²) in [7, 11) is 0. The molecule has 0 radical (unpaired) electrons. The molecule has 1 N–H and O–H groups in total. The first-order valence-electron chi connectivity index (χ1n) is 11.3. The van der Waals surface area contributed by atoms with Crippen molar-refractivity contribution in [2.75, 3.05) is 43.0 Å². The van der Waals surface area contributed by atoms with Crippen molar-refractivity contribution in [3.8, 4) is 0 Å². The first kappa shape index (κ1) is 22.2. The minimum atomic E-state index is -0.399. The molecular formula is C24H31N5O3. The van der Waals surface area contributed by atoms with Gasteiger partial charge in [0.15, 0.2) is 0 Å². The van der Waals surface area contributed by atoms with Crippen LogP contribution in [0.1, 0.15) is 54.5 Å². The predicted molar refractivity (Wildman–Crippen MR) is 123 cm³/mol. The van der Waals surface area contributed by atoms with Crippen LogP contribution >= 0.6 is 0 Å². The first-order valence-corrected chi connectivity index (χ1v) is 11.3. The van der Waals surface area contributed by atoms with Gasteiger partial charge in [0.1, 0.15) is 17.7 Å². The van der Waals surface area contributed by atoms with Crippen LogP contribution in [0, 0.1) is 6.92 Å². The second-order valence-corrected chi connectivity index (χ2v) is 8.73. The Morgan fingerprint density at radius 1 is 1.12 bits per heavy atom. The summed E-state index contributed by atoms with van der Waals surface area (Å²) >= 11 is 0. The summed E-state index contributed by atoms with van der Waals surface area (Å²) < 4.78 is 5.43. The largest absolute Gasteiger partial charge is 0.368 e. The van der Waals surface area contributed by atoms with Crippen molar-refractivity contribution < 1.29 is 14.3 Å². The summed E-state index contributed by atoms with van der Waals surface area (Å²) in [6.45, 7) is 9.46. The summed E-state index contributed by atoms with van der Waals surface area (Å²) in [5.74, 6) is 1.86. The molecule has 0 bridgehead atoms. The summed E-state index contributed by atoms with van der Waals surface area (Å²) in [6, 6.07) is 9.13. The van der Waals surface area contributed by atoms with Gasteiger partial charge in [-0.2, -0.15) is 0 Å². The van der Waals surface area contributed by atoms with Crippen LogP contribution in [0.25, 0.3) is 0 Å². The highest BCUT2D eigenvalue weighted by molar-refractivity contribution is 5.98. The molecular weight excluding hydrogens is 406 g/mol. The molecule has 2 aliphatic rings. The average molecular weight is 438 g/mol. The minimum absolute atomic E-state index is 0.0281. The lowest BCUT2D eigenvalue weighted by Crippen LogP contribution is -2.49. The Morgan fingerprint density at radius 2 is 1.91 bits per heavy atom. The molecule has 8 heteroatoms. The second-order valence-electron chi connectivity index (χ2n) is 8.73. The van der Waals surface area contributed by atoms with Crippen LogP contribution < -0.4 is 10.2 Å². The van der Waals surface area contributed by atoms with Gasteiger partial charge < -0.3 is 19.9 Å². The zero-order valence-corrected chi connectivity index (χ0v) is 19.0. The van der Waals surface area contributed by atoms with Gasteiger partial charge in [0.2, 0.25) is 0 Å². The van der Waals surface area contributed by atoms with E-state index < -0.39 is 6.10 Å². The van der Waals surface area contributed by atoms with E-state index in [0.717, 1.165) is 43.3 Å². The van der Waals surface area contributed by atoms with Crippen molar-refractivity contribution >= 4 is 23.3 Å². The highest BCUT2D eigenvalue weighted by Gasteiger charge is 2.25. The Kier molecular flexibility index (Phi) is 6.69. The molecule has 0 saturated carbocycles. The van der Waals surface area contributed by atoms with Crippen molar-refractivity contribution in [1.29, 1.82) is 0 Å². The fourth-order valence-corrected chi connectivity index (χ4v) is 4.05. The minimum Gasteiger partial charge on any atom is -0.368 e. The maximum Gasteiger partial charge on any atom is 0.254 e. The topological polar surface area (TPSA) is 87.7 Å². The van der Waals surface area contributed by atoms with E-state index in [1.165, 1.54) is 0 Å². The van der Waals surface area contributed by atoms with E-state index in [-0.39, 0.29) is 17.7 Å². The van der Waals surface area contributed by atoms with Crippen molar-refractivity contribution in [1.82, 2.24) is 14.9 Å². The number of aromatic nitrogens is 2. The van der Waals surface area contributed by atoms with Crippen LogP contribution in [0.2, 0.25) is 0 Å². The van der Waals surface area contributed by atoms with E-state index in [1.807, 2.05) is 17.9 Å². The molecule has 2 aromatic rings. The normalized spacial score (nSPS) is 18.8. The number of carbonyl (C=O) groups excluding carboxylic acids is 2. The number of nitrogens with zero attached hydrogens (tertiary/aromatic N) is 4. The number of aryl methyl sites for hydroxylation is 1. The van der Waals surface area contributed by atoms with Crippen LogP contribution in [0.3, 0.4) is 0 Å². The van der Waals surface area contributed by atoms with Gasteiger partial charge in [-0.25, -0.2) is 9.97 Å². The summed E-state index contributed by atoms with van der Waals surface area (Å²) in [6.07, 6.45) is 1.24. The Bertz CT molecular complexity index is 979. The SMILES string of the molecule is Cc1cc(N2CCN(C(=O)c3cccc(NC(=O)C4CCCO4)c3)CC2)nc(C(C)C)n1. The third kappa shape index (κ3) is 5.07. The molecule has 1 unspecified atom stereocenters. The highest BCUT2D eigenvalue weighted by atomic mass is 16.5. The van der Waals surface area contributed by atoms with Crippen molar-refractivity contribution in [3.05, 3.63) is 47.4 Å². The molecule has 3 heterocycles. The Morgan fingerprint density at radius 3 is 2.59 bits per heavy atom. The number of benzene rings is 1. The van der Waals surface area contributed by atoms with Gasteiger partial charge in [-0.15, -0.1) is 0 Å². The fraction of sp³-hybridized carbons (Fsp3) is 0.500. The van der Waals surface area contributed by atoms with Crippen molar-refractivity contribution in [2.24, 2.45) is 0 Å². The zero-order chi connectivity index (χ0) is 22.7. The van der Waals surface area contributed by atoms with Crippen LogP contribution in [-0.4, -0.2) is 65.6 Å². The number of hydrogen-bond donors (Lipinski definition) is 1. The van der Waals surface area contributed by atoms with E-state index >= 15 is 0 Å². The quantitative estimate of drug-likeness (QED) is 0.774. The number of hydrogen-bond acceptors (Lipinski definition) is 6. The average Bonchev–Trinajstić information content (AvgIpc) is 3.34. The lowest BCUT2D eigenvalue weighted by molar-refractivity contribution is -0.124. The van der Waals surface area contributed by atoms with E-state index in [4.69, 9.17) is 9.72 Å².